The number of nitrogens with zero attached hydrogens (tertiary/aromatic N) is 4. The summed E-state index contributed by atoms with van der Waals surface area (Å²) in [5.74, 6) is 5.95. The van der Waals surface area contributed by atoms with Crippen LogP contribution in [0.4, 0.5) is 17.1 Å². The standard InChI is InChI=1S/C11H17N5O3.C9H19N2O2P/c12-6-7-4-5-10(19-7)15(14)8-2-1-3-9(11(8)13)16(17)18;1-8(2)11(9(3)4)14(12)13-7-5-6-10/h1-3,7,10H,4-6,12-14H2;8-9,12H,5,7H2,1-4H3. The third kappa shape index (κ3) is 8.64. The van der Waals surface area contributed by atoms with Gasteiger partial charge >= 0.3 is 0 Å². The number of anilines is 2. The Labute approximate surface area is 196 Å². The predicted octanol–water partition coefficient (Wildman–Crippen LogP) is 2.58. The number of benzene rings is 1. The number of rotatable bonds is 10. The maximum atomic E-state index is 10.8. The molecule has 0 amide bonds. The smallest absolute Gasteiger partial charge is 0.294 e. The third-order valence-electron chi connectivity index (χ3n) is 4.87. The van der Waals surface area contributed by atoms with Crippen LogP contribution in [-0.2, 0) is 9.26 Å². The highest BCUT2D eigenvalue weighted by Crippen LogP contribution is 2.40. The van der Waals surface area contributed by atoms with E-state index in [1.54, 1.807) is 12.1 Å². The highest BCUT2D eigenvalue weighted by atomic mass is 31.2. The van der Waals surface area contributed by atoms with Crippen LogP contribution < -0.4 is 22.3 Å². The summed E-state index contributed by atoms with van der Waals surface area (Å²) in [5.41, 5.74) is 11.6. The molecule has 186 valence electrons. The fourth-order valence-corrected chi connectivity index (χ4v) is 4.55. The minimum absolute atomic E-state index is 0.0315. The summed E-state index contributed by atoms with van der Waals surface area (Å²) in [5, 5.41) is 20.5. The van der Waals surface area contributed by atoms with E-state index in [1.165, 1.54) is 11.1 Å². The number of hydrogen-bond acceptors (Lipinski definition) is 11. The number of hydrogen-bond donors (Lipinski definition) is 4. The highest BCUT2D eigenvalue weighted by molar-refractivity contribution is 7.43. The van der Waals surface area contributed by atoms with Crippen LogP contribution in [0.5, 0.6) is 0 Å². The molecule has 1 aliphatic rings. The summed E-state index contributed by atoms with van der Waals surface area (Å²) in [6.45, 7) is 8.78. The van der Waals surface area contributed by atoms with E-state index in [9.17, 15) is 15.0 Å². The number of nitrogens with two attached hydrogens (primary N) is 3. The molecule has 1 saturated heterocycles. The zero-order valence-corrected chi connectivity index (χ0v) is 20.5. The van der Waals surface area contributed by atoms with Crippen molar-refractivity contribution in [2.24, 2.45) is 11.6 Å². The maximum absolute atomic E-state index is 10.8. The lowest BCUT2D eigenvalue weighted by molar-refractivity contribution is -0.383. The highest BCUT2D eigenvalue weighted by Gasteiger charge is 2.30. The Bertz CT molecular complexity index is 785. The number of nitriles is 1. The quantitative estimate of drug-likeness (QED) is 0.0951. The van der Waals surface area contributed by atoms with Gasteiger partial charge < -0.3 is 25.6 Å². The molecule has 0 bridgehead atoms. The van der Waals surface area contributed by atoms with Crippen LogP contribution in [0.25, 0.3) is 0 Å². The summed E-state index contributed by atoms with van der Waals surface area (Å²) >= 11 is 0. The van der Waals surface area contributed by atoms with Crippen molar-refractivity contribution in [3.63, 3.8) is 0 Å². The minimum Gasteiger partial charge on any atom is -0.391 e. The van der Waals surface area contributed by atoms with Gasteiger partial charge in [0.1, 0.15) is 11.9 Å². The topological polar surface area (TPSA) is 190 Å². The zero-order chi connectivity index (χ0) is 25.1. The Morgan fingerprint density at radius 1 is 1.36 bits per heavy atom. The van der Waals surface area contributed by atoms with E-state index in [0.717, 1.165) is 6.42 Å². The molecule has 0 aliphatic carbocycles. The van der Waals surface area contributed by atoms with Crippen LogP contribution in [0.2, 0.25) is 0 Å². The number of nitro groups is 1. The van der Waals surface area contributed by atoms with Crippen molar-refractivity contribution in [1.82, 2.24) is 4.67 Å². The Morgan fingerprint density at radius 3 is 2.48 bits per heavy atom. The molecule has 1 aromatic rings. The van der Waals surface area contributed by atoms with Crippen LogP contribution in [-0.4, -0.2) is 52.1 Å². The second-order valence-corrected chi connectivity index (χ2v) is 9.19. The van der Waals surface area contributed by atoms with Gasteiger partial charge in [0.2, 0.25) is 0 Å². The number of nitro benzene ring substituents is 1. The van der Waals surface area contributed by atoms with Crippen LogP contribution in [0, 0.1) is 21.4 Å². The monoisotopic (exact) mass is 485 g/mol. The van der Waals surface area contributed by atoms with Crippen molar-refractivity contribution < 1.29 is 19.1 Å². The molecule has 2 rings (SSSR count). The molecule has 0 spiro atoms. The minimum atomic E-state index is -1.55. The molecular formula is C20H36N7O5P. The second kappa shape index (κ2) is 14.2. The average Bonchev–Trinajstić information content (AvgIpc) is 3.23. The average molecular weight is 486 g/mol. The fraction of sp³-hybridized carbons (Fsp3) is 0.650. The molecule has 12 nitrogen and oxygen atoms in total. The van der Waals surface area contributed by atoms with E-state index in [0.29, 0.717) is 31.7 Å². The molecular weight excluding hydrogens is 449 g/mol. The molecule has 1 fully saturated rings. The molecule has 1 heterocycles. The molecule has 3 atom stereocenters. The van der Waals surface area contributed by atoms with E-state index in [1.807, 2.05) is 38.4 Å². The third-order valence-corrected chi connectivity index (χ3v) is 6.60. The van der Waals surface area contributed by atoms with Gasteiger partial charge in [-0.1, -0.05) is 6.07 Å². The fourth-order valence-electron chi connectivity index (χ4n) is 3.38. The van der Waals surface area contributed by atoms with Gasteiger partial charge in [0.25, 0.3) is 14.2 Å². The largest absolute Gasteiger partial charge is 0.391 e. The first-order valence-electron chi connectivity index (χ1n) is 10.7. The van der Waals surface area contributed by atoms with Gasteiger partial charge in [-0.2, -0.15) is 5.26 Å². The van der Waals surface area contributed by atoms with Gasteiger partial charge in [-0.05, 0) is 46.6 Å². The molecule has 0 aromatic heterocycles. The van der Waals surface area contributed by atoms with Gasteiger partial charge in [0.15, 0.2) is 0 Å². The van der Waals surface area contributed by atoms with Crippen LogP contribution in [0.3, 0.4) is 0 Å². The lowest BCUT2D eigenvalue weighted by atomic mass is 10.2. The number of hydrazine groups is 1. The van der Waals surface area contributed by atoms with Crippen molar-refractivity contribution in [1.29, 1.82) is 5.26 Å². The van der Waals surface area contributed by atoms with Gasteiger partial charge in [0, 0.05) is 24.7 Å². The van der Waals surface area contributed by atoms with E-state index in [4.69, 9.17) is 31.8 Å². The molecule has 33 heavy (non-hydrogen) atoms. The van der Waals surface area contributed by atoms with E-state index in [-0.39, 0.29) is 35.8 Å². The van der Waals surface area contributed by atoms with Gasteiger partial charge in [-0.15, -0.1) is 0 Å². The van der Waals surface area contributed by atoms with Crippen LogP contribution in [0.1, 0.15) is 47.0 Å². The van der Waals surface area contributed by atoms with E-state index in [2.05, 4.69) is 0 Å². The first-order chi connectivity index (χ1) is 15.5. The first kappa shape index (κ1) is 28.9. The summed E-state index contributed by atoms with van der Waals surface area (Å²) < 4.78 is 12.7. The van der Waals surface area contributed by atoms with Crippen LogP contribution in [0.15, 0.2) is 18.2 Å². The lowest BCUT2D eigenvalue weighted by Gasteiger charge is -2.32. The molecule has 1 aliphatic heterocycles. The predicted molar refractivity (Wildman–Crippen MR) is 129 cm³/mol. The SMILES string of the molecule is CC(C)N(C(C)C)P(O)OCCC#N.NCC1CCC(N(N)c2cccc([N+](=O)[O-])c2N)O1. The van der Waals surface area contributed by atoms with Crippen molar-refractivity contribution in [3.8, 4) is 6.07 Å². The number of nitrogen functional groups attached to an aromatic ring is 1. The number of para-hydroxylation sites is 1. The van der Waals surface area contributed by atoms with Crippen molar-refractivity contribution in [2.75, 3.05) is 23.9 Å². The lowest BCUT2D eigenvalue weighted by Crippen LogP contribution is -2.42. The molecule has 3 unspecified atom stereocenters. The Hall–Kier alpha value is -2.10. The molecule has 7 N–H and O–H groups in total. The first-order valence-corrected chi connectivity index (χ1v) is 11.9. The van der Waals surface area contributed by atoms with E-state index < -0.39 is 13.4 Å². The van der Waals surface area contributed by atoms with Crippen molar-refractivity contribution in [2.45, 2.75) is 71.4 Å². The van der Waals surface area contributed by atoms with Gasteiger partial charge in [0.05, 0.1) is 35.8 Å². The molecule has 0 saturated carbocycles. The van der Waals surface area contributed by atoms with Gasteiger partial charge in [-0.25, -0.2) is 10.5 Å². The van der Waals surface area contributed by atoms with Crippen LogP contribution >= 0.6 is 8.53 Å². The molecule has 0 radical (unpaired) electrons. The van der Waals surface area contributed by atoms with E-state index >= 15 is 0 Å². The zero-order valence-electron chi connectivity index (χ0n) is 19.6. The Balaban J connectivity index is 0.000000349. The van der Waals surface area contributed by atoms with Crippen molar-refractivity contribution in [3.05, 3.63) is 28.3 Å². The Morgan fingerprint density at radius 2 is 2.00 bits per heavy atom. The van der Waals surface area contributed by atoms with Gasteiger partial charge in [-0.3, -0.25) is 15.1 Å². The summed E-state index contributed by atoms with van der Waals surface area (Å²) in [6, 6.07) is 6.97. The molecule has 1 aromatic carbocycles. The summed E-state index contributed by atoms with van der Waals surface area (Å²) in [6.07, 6.45) is 1.45. The summed E-state index contributed by atoms with van der Waals surface area (Å²) in [7, 11) is -1.55. The maximum Gasteiger partial charge on any atom is 0.294 e. The summed E-state index contributed by atoms with van der Waals surface area (Å²) in [4.78, 5) is 20.0. The number of ether oxygens (including phenoxy) is 1. The van der Waals surface area contributed by atoms with Crippen molar-refractivity contribution >= 4 is 25.6 Å². The second-order valence-electron chi connectivity index (χ2n) is 7.96. The Kier molecular flexibility index (Phi) is 12.5. The molecule has 13 heteroatoms. The normalized spacial score (nSPS) is 18.7.